The van der Waals surface area contributed by atoms with Crippen LogP contribution in [-0.4, -0.2) is 16.2 Å². The summed E-state index contributed by atoms with van der Waals surface area (Å²) in [5.41, 5.74) is 4.92. The van der Waals surface area contributed by atoms with Gasteiger partial charge in [0.1, 0.15) is 5.65 Å². The van der Waals surface area contributed by atoms with Crippen molar-refractivity contribution in [3.63, 3.8) is 0 Å². The molecule has 0 saturated carbocycles. The second kappa shape index (κ2) is 4.67. The number of halogens is 1. The summed E-state index contributed by atoms with van der Waals surface area (Å²) in [7, 11) is 0. The molecule has 4 nitrogen and oxygen atoms in total. The number of aromatic nitrogens is 2. The monoisotopic (exact) mass is 300 g/mol. The third-order valence-corrected chi connectivity index (χ3v) is 3.91. The van der Waals surface area contributed by atoms with E-state index < -0.39 is 0 Å². The summed E-state index contributed by atoms with van der Waals surface area (Å²) in [5.74, 6) is 1.92. The van der Waals surface area contributed by atoms with Crippen molar-refractivity contribution in [2.24, 2.45) is 0 Å². The quantitative estimate of drug-likeness (QED) is 0.676. The summed E-state index contributed by atoms with van der Waals surface area (Å²) in [5, 5.41) is 0. The van der Waals surface area contributed by atoms with Gasteiger partial charge >= 0.3 is 0 Å². The van der Waals surface area contributed by atoms with Crippen LogP contribution in [0.25, 0.3) is 16.9 Å². The van der Waals surface area contributed by atoms with Gasteiger partial charge in [-0.25, -0.2) is 4.98 Å². The molecule has 2 aromatic heterocycles. The average Bonchev–Trinajstić information content (AvgIpc) is 3.09. The van der Waals surface area contributed by atoms with E-state index in [0.717, 1.165) is 34.1 Å². The number of benzene rings is 1. The number of imidazole rings is 1. The number of nitrogens with zero attached hydrogens (tertiary/aromatic N) is 2. The van der Waals surface area contributed by atoms with Gasteiger partial charge < -0.3 is 13.9 Å². The normalized spacial score (nSPS) is 13.0. The smallest absolute Gasteiger partial charge is 0.231 e. The Morgan fingerprint density at radius 1 is 1.19 bits per heavy atom. The van der Waals surface area contributed by atoms with E-state index in [9.17, 15) is 0 Å². The number of rotatable bonds is 2. The average molecular weight is 301 g/mol. The summed E-state index contributed by atoms with van der Waals surface area (Å²) in [6.45, 7) is 2.32. The predicted molar refractivity (Wildman–Crippen MR) is 81.0 cm³/mol. The van der Waals surface area contributed by atoms with Crippen molar-refractivity contribution in [2.75, 3.05) is 6.79 Å². The Bertz CT molecular complexity index is 842. The third-order valence-electron chi connectivity index (χ3n) is 3.65. The Morgan fingerprint density at radius 2 is 2.05 bits per heavy atom. The Balaban J connectivity index is 1.93. The fraction of sp³-hybridized carbons (Fsp3) is 0.188. The minimum atomic E-state index is 0.269. The Morgan fingerprint density at radius 3 is 2.90 bits per heavy atom. The number of alkyl halides is 1. The molecule has 0 fully saturated rings. The molecule has 106 valence electrons. The van der Waals surface area contributed by atoms with E-state index in [1.54, 1.807) is 0 Å². The second-order valence-corrected chi connectivity index (χ2v) is 5.31. The molecule has 1 aromatic carbocycles. The van der Waals surface area contributed by atoms with E-state index in [2.05, 4.69) is 6.92 Å². The van der Waals surface area contributed by atoms with Gasteiger partial charge in [-0.3, -0.25) is 0 Å². The van der Waals surface area contributed by atoms with Crippen LogP contribution in [0.3, 0.4) is 0 Å². The topological polar surface area (TPSA) is 35.8 Å². The van der Waals surface area contributed by atoms with Crippen molar-refractivity contribution in [1.29, 1.82) is 0 Å². The molecule has 0 atom stereocenters. The minimum Gasteiger partial charge on any atom is -0.454 e. The zero-order valence-electron chi connectivity index (χ0n) is 11.5. The molecule has 5 heteroatoms. The van der Waals surface area contributed by atoms with E-state index >= 15 is 0 Å². The van der Waals surface area contributed by atoms with Crippen LogP contribution < -0.4 is 9.47 Å². The van der Waals surface area contributed by atoms with Gasteiger partial charge in [-0.2, -0.15) is 0 Å². The highest BCUT2D eigenvalue weighted by Gasteiger charge is 2.18. The first-order valence-electron chi connectivity index (χ1n) is 6.70. The molecular formula is C16H13ClN2O2. The number of pyridine rings is 1. The molecule has 0 radical (unpaired) electrons. The molecule has 21 heavy (non-hydrogen) atoms. The number of aryl methyl sites for hydroxylation is 1. The van der Waals surface area contributed by atoms with E-state index in [1.165, 1.54) is 5.56 Å². The maximum atomic E-state index is 6.14. The molecule has 0 amide bonds. The molecule has 0 unspecified atom stereocenters. The van der Waals surface area contributed by atoms with E-state index in [-0.39, 0.29) is 6.79 Å². The highest BCUT2D eigenvalue weighted by atomic mass is 35.5. The molecule has 0 saturated heterocycles. The summed E-state index contributed by atoms with van der Waals surface area (Å²) in [6, 6.07) is 9.94. The molecule has 0 bridgehead atoms. The molecule has 1 aliphatic heterocycles. The maximum Gasteiger partial charge on any atom is 0.231 e. The van der Waals surface area contributed by atoms with Crippen LogP contribution in [0.1, 0.15) is 11.3 Å². The van der Waals surface area contributed by atoms with Gasteiger partial charge in [-0.1, -0.05) is 0 Å². The Kier molecular flexibility index (Phi) is 2.79. The lowest BCUT2D eigenvalue weighted by Crippen LogP contribution is -1.93. The van der Waals surface area contributed by atoms with Crippen LogP contribution in [0.5, 0.6) is 11.5 Å². The van der Waals surface area contributed by atoms with Gasteiger partial charge in [0.15, 0.2) is 11.5 Å². The highest BCUT2D eigenvalue weighted by Crippen LogP contribution is 2.37. The molecule has 0 N–H and O–H groups in total. The lowest BCUT2D eigenvalue weighted by atomic mass is 10.1. The van der Waals surface area contributed by atoms with Crippen molar-refractivity contribution in [1.82, 2.24) is 9.38 Å². The minimum absolute atomic E-state index is 0.269. The van der Waals surface area contributed by atoms with Crippen LogP contribution in [0.4, 0.5) is 0 Å². The van der Waals surface area contributed by atoms with Gasteiger partial charge in [-0.15, -0.1) is 11.6 Å². The van der Waals surface area contributed by atoms with Crippen LogP contribution in [0, 0.1) is 6.92 Å². The zero-order valence-corrected chi connectivity index (χ0v) is 12.2. The summed E-state index contributed by atoms with van der Waals surface area (Å²) < 4.78 is 12.8. The first kappa shape index (κ1) is 12.5. The van der Waals surface area contributed by atoms with Gasteiger partial charge in [0.05, 0.1) is 17.3 Å². The Hall–Kier alpha value is -2.20. The molecule has 3 heterocycles. The fourth-order valence-electron chi connectivity index (χ4n) is 2.60. The predicted octanol–water partition coefficient (Wildman–Crippen LogP) is 3.78. The third kappa shape index (κ3) is 1.94. The molecule has 0 aliphatic carbocycles. The van der Waals surface area contributed by atoms with Crippen molar-refractivity contribution in [3.05, 3.63) is 47.8 Å². The molecule has 3 aromatic rings. The zero-order chi connectivity index (χ0) is 14.4. The molecule has 1 aliphatic rings. The molecular weight excluding hydrogens is 288 g/mol. The number of ether oxygens (including phenoxy) is 2. The molecule has 0 spiro atoms. The van der Waals surface area contributed by atoms with Crippen LogP contribution in [0.15, 0.2) is 36.5 Å². The van der Waals surface area contributed by atoms with Crippen LogP contribution >= 0.6 is 11.6 Å². The summed E-state index contributed by atoms with van der Waals surface area (Å²) in [4.78, 5) is 4.72. The molecule has 4 rings (SSSR count). The number of hydrogen-bond acceptors (Lipinski definition) is 3. The van der Waals surface area contributed by atoms with Crippen LogP contribution in [-0.2, 0) is 5.88 Å². The van der Waals surface area contributed by atoms with E-state index in [4.69, 9.17) is 26.1 Å². The lowest BCUT2D eigenvalue weighted by Gasteiger charge is -2.03. The number of fused-ring (bicyclic) bond motifs is 2. The van der Waals surface area contributed by atoms with Crippen molar-refractivity contribution < 1.29 is 9.47 Å². The van der Waals surface area contributed by atoms with Crippen molar-refractivity contribution >= 4 is 17.2 Å². The second-order valence-electron chi connectivity index (χ2n) is 5.04. The maximum absolute atomic E-state index is 6.14. The Labute approximate surface area is 126 Å². The lowest BCUT2D eigenvalue weighted by molar-refractivity contribution is 0.174. The SMILES string of the molecule is Cc1ccn2c(CCl)c(-c3ccc4c(c3)OCO4)nc2c1. The van der Waals surface area contributed by atoms with Crippen LogP contribution in [0.2, 0.25) is 0 Å². The standard InChI is InChI=1S/C16H13ClN2O2/c1-10-4-5-19-12(8-17)16(18-15(19)6-10)11-2-3-13-14(7-11)21-9-20-13/h2-7H,8-9H2,1H3. The van der Waals surface area contributed by atoms with E-state index in [0.29, 0.717) is 5.88 Å². The summed E-state index contributed by atoms with van der Waals surface area (Å²) >= 11 is 6.14. The largest absolute Gasteiger partial charge is 0.454 e. The highest BCUT2D eigenvalue weighted by molar-refractivity contribution is 6.17. The van der Waals surface area contributed by atoms with Crippen molar-refractivity contribution in [3.8, 4) is 22.8 Å². The number of hydrogen-bond donors (Lipinski definition) is 0. The fourth-order valence-corrected chi connectivity index (χ4v) is 2.86. The van der Waals surface area contributed by atoms with Gasteiger partial charge in [0, 0.05) is 11.8 Å². The first-order chi connectivity index (χ1) is 10.3. The van der Waals surface area contributed by atoms with Gasteiger partial charge in [0.25, 0.3) is 0 Å². The van der Waals surface area contributed by atoms with Gasteiger partial charge in [-0.05, 0) is 42.8 Å². The van der Waals surface area contributed by atoms with E-state index in [1.807, 2.05) is 40.9 Å². The summed E-state index contributed by atoms with van der Waals surface area (Å²) in [6.07, 6.45) is 2.01. The first-order valence-corrected chi connectivity index (χ1v) is 7.23. The van der Waals surface area contributed by atoms with Crippen molar-refractivity contribution in [2.45, 2.75) is 12.8 Å². The van der Waals surface area contributed by atoms with Gasteiger partial charge in [0.2, 0.25) is 6.79 Å².